The first kappa shape index (κ1) is 12.7. The van der Waals surface area contributed by atoms with Crippen LogP contribution in [0.4, 0.5) is 5.69 Å². The Hall–Kier alpha value is -2.73. The summed E-state index contributed by atoms with van der Waals surface area (Å²) in [6.07, 6.45) is 0. The van der Waals surface area contributed by atoms with Crippen LogP contribution >= 0.6 is 0 Å². The number of carbonyl (C=O) groups is 1. The van der Waals surface area contributed by atoms with Crippen LogP contribution in [0.15, 0.2) is 54.6 Å². The van der Waals surface area contributed by atoms with Crippen LogP contribution in [0.5, 0.6) is 5.75 Å². The normalized spacial score (nSPS) is 9.11. The highest BCUT2D eigenvalue weighted by Gasteiger charge is 1.99. The Kier molecular flexibility index (Phi) is 4.20. The van der Waals surface area contributed by atoms with Crippen molar-refractivity contribution in [1.82, 2.24) is 0 Å². The Balaban J connectivity index is 2.04. The number of amides is 1. The molecule has 0 fully saturated rings. The topological polar surface area (TPSA) is 38.3 Å². The number of methoxy groups -OCH3 is 1. The van der Waals surface area contributed by atoms with Crippen molar-refractivity contribution in [2.75, 3.05) is 12.4 Å². The zero-order chi connectivity index (χ0) is 13.5. The van der Waals surface area contributed by atoms with Gasteiger partial charge in [-0.05, 0) is 24.3 Å². The van der Waals surface area contributed by atoms with Crippen molar-refractivity contribution >= 4 is 11.6 Å². The number of hydrogen-bond acceptors (Lipinski definition) is 2. The molecule has 0 atom stereocenters. The van der Waals surface area contributed by atoms with Gasteiger partial charge < -0.3 is 10.1 Å². The largest absolute Gasteiger partial charge is 0.497 e. The smallest absolute Gasteiger partial charge is 0.300 e. The van der Waals surface area contributed by atoms with Crippen LogP contribution in [-0.2, 0) is 4.79 Å². The van der Waals surface area contributed by atoms with Gasteiger partial charge in [-0.1, -0.05) is 30.2 Å². The zero-order valence-corrected chi connectivity index (χ0v) is 10.5. The third-order valence-corrected chi connectivity index (χ3v) is 2.42. The van der Waals surface area contributed by atoms with E-state index in [1.165, 1.54) is 0 Å². The van der Waals surface area contributed by atoms with Crippen molar-refractivity contribution in [3.8, 4) is 17.6 Å². The summed E-state index contributed by atoms with van der Waals surface area (Å²) < 4.78 is 5.08. The summed E-state index contributed by atoms with van der Waals surface area (Å²) in [6, 6.07) is 16.5. The molecule has 0 aromatic heterocycles. The van der Waals surface area contributed by atoms with E-state index in [2.05, 4.69) is 17.2 Å². The highest BCUT2D eigenvalue weighted by atomic mass is 16.5. The minimum atomic E-state index is -0.350. The molecule has 0 unspecified atom stereocenters. The number of nitrogens with one attached hydrogen (secondary N) is 1. The molecule has 0 bridgehead atoms. The number of hydrogen-bond donors (Lipinski definition) is 1. The lowest BCUT2D eigenvalue weighted by Gasteiger charge is -2.03. The van der Waals surface area contributed by atoms with Crippen molar-refractivity contribution in [2.45, 2.75) is 0 Å². The van der Waals surface area contributed by atoms with Crippen molar-refractivity contribution in [2.24, 2.45) is 0 Å². The van der Waals surface area contributed by atoms with E-state index in [1.54, 1.807) is 25.3 Å². The third-order valence-electron chi connectivity index (χ3n) is 2.42. The fraction of sp³-hybridized carbons (Fsp3) is 0.0625. The van der Waals surface area contributed by atoms with Gasteiger partial charge in [-0.3, -0.25) is 4.79 Å². The number of rotatable bonds is 2. The summed E-state index contributed by atoms with van der Waals surface area (Å²) in [4.78, 5) is 11.7. The summed E-state index contributed by atoms with van der Waals surface area (Å²) in [5.41, 5.74) is 1.47. The second-order valence-corrected chi connectivity index (χ2v) is 3.80. The fourth-order valence-electron chi connectivity index (χ4n) is 1.51. The van der Waals surface area contributed by atoms with Gasteiger partial charge >= 0.3 is 5.91 Å². The molecular formula is C16H13NO2. The van der Waals surface area contributed by atoms with E-state index in [0.29, 0.717) is 11.4 Å². The minimum absolute atomic E-state index is 0.350. The van der Waals surface area contributed by atoms with E-state index in [0.717, 1.165) is 5.56 Å². The van der Waals surface area contributed by atoms with Crippen LogP contribution in [0, 0.1) is 11.8 Å². The lowest BCUT2D eigenvalue weighted by molar-refractivity contribution is -0.111. The molecule has 0 heterocycles. The Morgan fingerprint density at radius 2 is 1.89 bits per heavy atom. The molecule has 19 heavy (non-hydrogen) atoms. The molecule has 0 saturated heterocycles. The highest BCUT2D eigenvalue weighted by molar-refractivity contribution is 6.04. The van der Waals surface area contributed by atoms with Crippen molar-refractivity contribution < 1.29 is 9.53 Å². The Bertz CT molecular complexity index is 624. The SMILES string of the molecule is COc1cccc(NC(=O)C#Cc2ccccc2)c1. The second-order valence-electron chi connectivity index (χ2n) is 3.80. The second kappa shape index (κ2) is 6.27. The summed E-state index contributed by atoms with van der Waals surface area (Å²) in [6.45, 7) is 0. The van der Waals surface area contributed by atoms with Gasteiger partial charge in [0, 0.05) is 23.2 Å². The third kappa shape index (κ3) is 3.90. The minimum Gasteiger partial charge on any atom is -0.497 e. The maximum atomic E-state index is 11.7. The number of benzene rings is 2. The summed E-state index contributed by atoms with van der Waals surface area (Å²) in [5.74, 6) is 5.68. The molecule has 3 nitrogen and oxygen atoms in total. The van der Waals surface area contributed by atoms with E-state index in [9.17, 15) is 4.79 Å². The summed E-state index contributed by atoms with van der Waals surface area (Å²) in [7, 11) is 1.58. The van der Waals surface area contributed by atoms with Crippen LogP contribution < -0.4 is 10.1 Å². The van der Waals surface area contributed by atoms with E-state index >= 15 is 0 Å². The quantitative estimate of drug-likeness (QED) is 0.833. The van der Waals surface area contributed by atoms with E-state index in [4.69, 9.17) is 4.74 Å². The molecule has 0 spiro atoms. The molecular weight excluding hydrogens is 238 g/mol. The van der Waals surface area contributed by atoms with Gasteiger partial charge in [0.1, 0.15) is 5.75 Å². The monoisotopic (exact) mass is 251 g/mol. The molecule has 0 radical (unpaired) electrons. The predicted molar refractivity (Wildman–Crippen MR) is 74.9 cm³/mol. The molecule has 2 rings (SSSR count). The molecule has 2 aromatic rings. The first-order valence-electron chi connectivity index (χ1n) is 5.80. The maximum absolute atomic E-state index is 11.7. The highest BCUT2D eigenvalue weighted by Crippen LogP contribution is 2.16. The van der Waals surface area contributed by atoms with Crippen LogP contribution in [0.1, 0.15) is 5.56 Å². The molecule has 0 saturated carbocycles. The first-order valence-corrected chi connectivity index (χ1v) is 5.80. The van der Waals surface area contributed by atoms with Gasteiger partial charge in [0.2, 0.25) is 0 Å². The molecule has 0 aliphatic carbocycles. The Labute approximate surface area is 112 Å². The van der Waals surface area contributed by atoms with Gasteiger partial charge in [0.05, 0.1) is 7.11 Å². The van der Waals surface area contributed by atoms with E-state index in [1.807, 2.05) is 36.4 Å². The fourth-order valence-corrected chi connectivity index (χ4v) is 1.51. The number of anilines is 1. The molecule has 3 heteroatoms. The van der Waals surface area contributed by atoms with Crippen molar-refractivity contribution in [3.63, 3.8) is 0 Å². The lowest BCUT2D eigenvalue weighted by atomic mass is 10.2. The zero-order valence-electron chi connectivity index (χ0n) is 10.5. The standard InChI is InChI=1S/C16H13NO2/c1-19-15-9-5-8-14(12-15)17-16(18)11-10-13-6-3-2-4-7-13/h2-9,12H,1H3,(H,17,18). The van der Waals surface area contributed by atoms with Crippen molar-refractivity contribution in [3.05, 3.63) is 60.2 Å². The summed E-state index contributed by atoms with van der Waals surface area (Å²) >= 11 is 0. The van der Waals surface area contributed by atoms with E-state index < -0.39 is 0 Å². The van der Waals surface area contributed by atoms with Crippen LogP contribution in [0.3, 0.4) is 0 Å². The maximum Gasteiger partial charge on any atom is 0.300 e. The average Bonchev–Trinajstić information content (AvgIpc) is 2.46. The predicted octanol–water partition coefficient (Wildman–Crippen LogP) is 2.69. The molecule has 94 valence electrons. The van der Waals surface area contributed by atoms with Crippen molar-refractivity contribution in [1.29, 1.82) is 0 Å². The van der Waals surface area contributed by atoms with Gasteiger partial charge in [-0.25, -0.2) is 0 Å². The number of ether oxygens (including phenoxy) is 1. The van der Waals surface area contributed by atoms with Gasteiger partial charge in [0.25, 0.3) is 0 Å². The molecule has 1 N–H and O–H groups in total. The van der Waals surface area contributed by atoms with Gasteiger partial charge in [-0.15, -0.1) is 0 Å². The molecule has 0 aliphatic rings. The Morgan fingerprint density at radius 1 is 1.11 bits per heavy atom. The first-order chi connectivity index (χ1) is 9.28. The summed E-state index contributed by atoms with van der Waals surface area (Å²) in [5, 5.41) is 2.69. The van der Waals surface area contributed by atoms with Crippen LogP contribution in [0.2, 0.25) is 0 Å². The molecule has 0 aliphatic heterocycles. The molecule has 2 aromatic carbocycles. The van der Waals surface area contributed by atoms with Gasteiger partial charge in [0.15, 0.2) is 0 Å². The molecule has 1 amide bonds. The average molecular weight is 251 g/mol. The van der Waals surface area contributed by atoms with Crippen LogP contribution in [-0.4, -0.2) is 13.0 Å². The van der Waals surface area contributed by atoms with Gasteiger partial charge in [-0.2, -0.15) is 0 Å². The number of carbonyl (C=O) groups excluding carboxylic acids is 1. The lowest BCUT2D eigenvalue weighted by Crippen LogP contribution is -2.08. The Morgan fingerprint density at radius 3 is 2.63 bits per heavy atom. The van der Waals surface area contributed by atoms with Crippen LogP contribution in [0.25, 0.3) is 0 Å². The van der Waals surface area contributed by atoms with E-state index in [-0.39, 0.29) is 5.91 Å².